The fourth-order valence-corrected chi connectivity index (χ4v) is 0. The fourth-order valence-electron chi connectivity index (χ4n) is 0. The molecule has 0 aromatic rings. The summed E-state index contributed by atoms with van der Waals surface area (Å²) in [5.74, 6) is -1.08. The predicted molar refractivity (Wildman–Crippen MR) is 25.1 cm³/mol. The molecule has 0 aliphatic heterocycles. The van der Waals surface area contributed by atoms with Crippen LogP contribution in [-0.4, -0.2) is 27.9 Å². The van der Waals surface area contributed by atoms with E-state index in [1.807, 2.05) is 0 Å². The summed E-state index contributed by atoms with van der Waals surface area (Å²) in [6, 6.07) is 0. The fraction of sp³-hybridized carbons (Fsp3) is 0.500. The smallest absolute Gasteiger partial charge is 0.550 e. The van der Waals surface area contributed by atoms with Gasteiger partial charge in [0, 0.05) is 5.97 Å². The van der Waals surface area contributed by atoms with Crippen molar-refractivity contribution < 1.29 is 48.9 Å². The van der Waals surface area contributed by atoms with Crippen LogP contribution in [0.3, 0.4) is 0 Å². The maximum absolute atomic E-state index is 8.89. The zero-order valence-electron chi connectivity index (χ0n) is 4.69. The van der Waals surface area contributed by atoms with Gasteiger partial charge >= 0.3 is 17.1 Å². The van der Waals surface area contributed by atoms with Gasteiger partial charge in [-0.2, -0.15) is 0 Å². The first-order valence-corrected chi connectivity index (χ1v) is 0.908. The molecule has 7 heteroatoms. The van der Waals surface area contributed by atoms with E-state index in [2.05, 4.69) is 0 Å². The molecule has 0 bridgehead atoms. The zero-order valence-corrected chi connectivity index (χ0v) is 5.87. The van der Waals surface area contributed by atoms with Crippen LogP contribution in [0, 0.1) is 0 Å². The minimum absolute atomic E-state index is 0. The molecule has 1 radical (unpaired) electrons. The Hall–Kier alpha value is -0.171. The summed E-state index contributed by atoms with van der Waals surface area (Å²) in [6.07, 6.45) is 0. The molecule has 0 heterocycles. The van der Waals surface area contributed by atoms with E-state index >= 15 is 0 Å². The molecule has 0 aliphatic carbocycles. The molecule has 9 heavy (non-hydrogen) atoms. The van der Waals surface area contributed by atoms with Crippen molar-refractivity contribution in [1.82, 2.24) is 0 Å². The van der Waals surface area contributed by atoms with E-state index in [1.54, 1.807) is 0 Å². The van der Waals surface area contributed by atoms with Crippen LogP contribution in [0.25, 0.3) is 0 Å². The van der Waals surface area contributed by atoms with Crippen molar-refractivity contribution in [2.45, 2.75) is 6.92 Å². The normalized spacial score (nSPS) is 2.78. The van der Waals surface area contributed by atoms with Crippen molar-refractivity contribution >= 4 is 5.97 Å². The molecule has 0 rings (SSSR count). The molecule has 0 aromatic heterocycles. The monoisotopic (exact) mass is 186 g/mol. The number of rotatable bonds is 0. The van der Waals surface area contributed by atoms with Crippen molar-refractivity contribution in [1.29, 1.82) is 0 Å². The first-order chi connectivity index (χ1) is 1.73. The predicted octanol–water partition coefficient (Wildman–Crippen LogP) is -4.55. The summed E-state index contributed by atoms with van der Waals surface area (Å²) in [7, 11) is 0. The van der Waals surface area contributed by atoms with Crippen LogP contribution in [0.5, 0.6) is 0 Å². The van der Waals surface area contributed by atoms with Gasteiger partial charge in [-0.25, -0.2) is 0 Å². The van der Waals surface area contributed by atoms with E-state index in [9.17, 15) is 0 Å². The molecule has 0 atom stereocenters. The van der Waals surface area contributed by atoms with E-state index in [-0.39, 0.29) is 39.0 Å². The summed E-state index contributed by atoms with van der Waals surface area (Å²) < 4.78 is 0. The van der Waals surface area contributed by atoms with Crippen LogP contribution in [0.15, 0.2) is 0 Å². The number of hydrogen-bond donors (Lipinski definition) is 0. The Morgan fingerprint density at radius 3 is 1.11 bits per heavy atom. The average molecular weight is 186 g/mol. The van der Waals surface area contributed by atoms with Gasteiger partial charge in [-0.1, -0.05) is 0 Å². The maximum atomic E-state index is 8.89. The van der Waals surface area contributed by atoms with E-state index in [0.717, 1.165) is 6.92 Å². The Balaban J connectivity index is -0.00000000450. The molecule has 61 valence electrons. The Kier molecular flexibility index (Phi) is 343. The summed E-state index contributed by atoms with van der Waals surface area (Å²) in [5.41, 5.74) is 0. The third kappa shape index (κ3) is 9150. The van der Waals surface area contributed by atoms with Gasteiger partial charge in [0.25, 0.3) is 0 Å². The molecule has 0 amide bonds. The largest absolute Gasteiger partial charge is 2.00 e. The maximum Gasteiger partial charge on any atom is 2.00 e. The molecule has 0 saturated heterocycles. The van der Waals surface area contributed by atoms with Crippen molar-refractivity contribution in [3.05, 3.63) is 0 Å². The minimum atomic E-state index is -1.08. The molecule has 6 nitrogen and oxygen atoms in total. The van der Waals surface area contributed by atoms with Crippen LogP contribution in [0.2, 0.25) is 0 Å². The standard InChI is InChI=1S/C2H4O2.Mn.4H2O/c1-2(3)4;;;;;/h1H3,(H,3,4);;4*1H2/q;+2;;;;/p-1. The molecule has 0 spiro atoms. The summed E-state index contributed by atoms with van der Waals surface area (Å²) >= 11 is 0. The van der Waals surface area contributed by atoms with Crippen LogP contribution in [0.1, 0.15) is 6.92 Å². The van der Waals surface area contributed by atoms with Crippen LogP contribution < -0.4 is 5.11 Å². The van der Waals surface area contributed by atoms with Gasteiger partial charge < -0.3 is 31.8 Å². The Bertz CT molecular complexity index is 34.0. The van der Waals surface area contributed by atoms with E-state index in [0.29, 0.717) is 0 Å². The van der Waals surface area contributed by atoms with Crippen molar-refractivity contribution in [2.24, 2.45) is 0 Å². The van der Waals surface area contributed by atoms with Crippen molar-refractivity contribution in [3.63, 3.8) is 0 Å². The summed E-state index contributed by atoms with van der Waals surface area (Å²) in [6.45, 7) is 0.972. The molecule has 8 N–H and O–H groups in total. The molecule has 0 aliphatic rings. The summed E-state index contributed by atoms with van der Waals surface area (Å²) in [5, 5.41) is 8.89. The second kappa shape index (κ2) is 45.6. The van der Waals surface area contributed by atoms with E-state index in [4.69, 9.17) is 9.90 Å². The van der Waals surface area contributed by atoms with Gasteiger partial charge in [-0.15, -0.1) is 0 Å². The third-order valence-electron chi connectivity index (χ3n) is 0. The second-order valence-electron chi connectivity index (χ2n) is 0.492. The number of carboxylic acid groups (broad SMARTS) is 1. The first-order valence-electron chi connectivity index (χ1n) is 0.908. The topological polar surface area (TPSA) is 166 Å². The number of hydrogen-bond acceptors (Lipinski definition) is 2. The number of carboxylic acids is 1. The van der Waals surface area contributed by atoms with E-state index < -0.39 is 5.97 Å². The molecule has 0 saturated carbocycles. The van der Waals surface area contributed by atoms with Crippen molar-refractivity contribution in [2.75, 3.05) is 0 Å². The van der Waals surface area contributed by atoms with Gasteiger partial charge in [-0.05, 0) is 6.92 Å². The number of carbonyl (C=O) groups is 1. The molecule has 0 unspecified atom stereocenters. The molecule has 0 fully saturated rings. The van der Waals surface area contributed by atoms with Crippen LogP contribution >= 0.6 is 0 Å². The second-order valence-corrected chi connectivity index (χ2v) is 0.492. The zero-order chi connectivity index (χ0) is 3.58. The number of aliphatic carboxylic acids is 1. The van der Waals surface area contributed by atoms with Gasteiger partial charge in [0.05, 0.1) is 0 Å². The third-order valence-corrected chi connectivity index (χ3v) is 0. The first kappa shape index (κ1) is 67.6. The Labute approximate surface area is 62.6 Å². The van der Waals surface area contributed by atoms with Gasteiger partial charge in [0.2, 0.25) is 0 Å². The molecular weight excluding hydrogens is 175 g/mol. The quantitative estimate of drug-likeness (QED) is 0.347. The van der Waals surface area contributed by atoms with Gasteiger partial charge in [-0.3, -0.25) is 0 Å². The van der Waals surface area contributed by atoms with Gasteiger partial charge in [0.1, 0.15) is 0 Å². The number of carbonyl (C=O) groups excluding carboxylic acids is 1. The van der Waals surface area contributed by atoms with E-state index in [1.165, 1.54) is 0 Å². The SMILES string of the molecule is CC(=O)[O-].O.O.O.O.[Mn+2]. The van der Waals surface area contributed by atoms with Crippen LogP contribution in [-0.2, 0) is 21.9 Å². The van der Waals surface area contributed by atoms with Crippen LogP contribution in [0.4, 0.5) is 0 Å². The van der Waals surface area contributed by atoms with Gasteiger partial charge in [0.15, 0.2) is 0 Å². The molecule has 0 aromatic carbocycles. The average Bonchev–Trinajstić information content (AvgIpc) is 0.811. The Morgan fingerprint density at radius 2 is 1.11 bits per heavy atom. The minimum Gasteiger partial charge on any atom is -0.550 e. The molecular formula is C2H11MnO6+. The Morgan fingerprint density at radius 1 is 1.11 bits per heavy atom. The summed E-state index contributed by atoms with van der Waals surface area (Å²) in [4.78, 5) is 8.89. The van der Waals surface area contributed by atoms with Crippen molar-refractivity contribution in [3.8, 4) is 0 Å².